The van der Waals surface area contributed by atoms with E-state index in [1.165, 1.54) is 0 Å². The Bertz CT molecular complexity index is 591. The molecule has 0 radical (unpaired) electrons. The van der Waals surface area contributed by atoms with Gasteiger partial charge in [-0.2, -0.15) is 0 Å². The molecule has 34 heavy (non-hydrogen) atoms. The van der Waals surface area contributed by atoms with Gasteiger partial charge in [0, 0.05) is 18.4 Å². The van der Waals surface area contributed by atoms with E-state index in [0.29, 0.717) is 42.4 Å². The van der Waals surface area contributed by atoms with Gasteiger partial charge in [-0.15, -0.1) is 0 Å². The van der Waals surface area contributed by atoms with Gasteiger partial charge >= 0.3 is 0 Å². The van der Waals surface area contributed by atoms with Crippen molar-refractivity contribution in [1.29, 1.82) is 0 Å². The lowest BCUT2D eigenvalue weighted by molar-refractivity contribution is -0.887. The zero-order chi connectivity index (χ0) is 26.1. The highest BCUT2D eigenvalue weighted by Crippen LogP contribution is 2.08. The quantitative estimate of drug-likeness (QED) is 0.167. The fourth-order valence-electron chi connectivity index (χ4n) is 3.47. The van der Waals surface area contributed by atoms with Gasteiger partial charge in [0.25, 0.3) is 0 Å². The maximum atomic E-state index is 12.9. The van der Waals surface area contributed by atoms with E-state index in [9.17, 15) is 14.4 Å². The summed E-state index contributed by atoms with van der Waals surface area (Å²) in [5.41, 5.74) is 0. The predicted octanol–water partition coefficient (Wildman–Crippen LogP) is 2.43. The summed E-state index contributed by atoms with van der Waals surface area (Å²) in [6, 6.07) is -0.111. The van der Waals surface area contributed by atoms with E-state index in [1.807, 2.05) is 13.8 Å². The van der Waals surface area contributed by atoms with Crippen LogP contribution in [0.15, 0.2) is 0 Å². The van der Waals surface area contributed by atoms with E-state index in [2.05, 4.69) is 63.1 Å². The third-order valence-corrected chi connectivity index (χ3v) is 5.87. The predicted molar refractivity (Wildman–Crippen MR) is 140 cm³/mol. The summed E-state index contributed by atoms with van der Waals surface area (Å²) in [7, 11) is 4.17. The molecular formula is C26H54N5O3+. The van der Waals surface area contributed by atoms with Gasteiger partial charge in [0.05, 0.1) is 40.3 Å². The summed E-state index contributed by atoms with van der Waals surface area (Å²) < 4.78 is 0.684. The molecule has 8 heteroatoms. The molecule has 0 saturated heterocycles. The van der Waals surface area contributed by atoms with E-state index >= 15 is 0 Å². The lowest BCUT2D eigenvalue weighted by Crippen LogP contribution is -2.52. The normalized spacial score (nSPS) is 12.8. The highest BCUT2D eigenvalue weighted by atomic mass is 16.2. The van der Waals surface area contributed by atoms with Gasteiger partial charge in [0.2, 0.25) is 17.7 Å². The number of amides is 3. The molecule has 0 aliphatic heterocycles. The SMILES string of the molecule is CC(C)CCCCC(=O)NC(CCCNC(C)C)C(=O)NCC[N+](C)(C)CCNC(=O)C(C)C. The maximum Gasteiger partial charge on any atom is 0.242 e. The number of carbonyl (C=O) groups excluding carboxylic acids is 3. The number of unbranched alkanes of at least 4 members (excludes halogenated alkanes) is 1. The Morgan fingerprint density at radius 2 is 1.32 bits per heavy atom. The lowest BCUT2D eigenvalue weighted by Gasteiger charge is -2.30. The van der Waals surface area contributed by atoms with Crippen LogP contribution in [0.2, 0.25) is 0 Å². The Hall–Kier alpha value is -1.67. The molecule has 0 rings (SSSR count). The minimum Gasteiger partial charge on any atom is -0.350 e. The van der Waals surface area contributed by atoms with Crippen molar-refractivity contribution in [3.8, 4) is 0 Å². The number of nitrogens with zero attached hydrogens (tertiary/aromatic N) is 1. The summed E-state index contributed by atoms with van der Waals surface area (Å²) in [6.07, 6.45) is 4.90. The number of hydrogen-bond donors (Lipinski definition) is 4. The molecule has 4 N–H and O–H groups in total. The van der Waals surface area contributed by atoms with Crippen molar-refractivity contribution in [1.82, 2.24) is 21.3 Å². The first kappa shape index (κ1) is 32.3. The smallest absolute Gasteiger partial charge is 0.242 e. The molecule has 0 aliphatic rings. The van der Waals surface area contributed by atoms with E-state index in [1.54, 1.807) is 0 Å². The van der Waals surface area contributed by atoms with Crippen LogP contribution in [0.1, 0.15) is 80.1 Å². The molecule has 200 valence electrons. The van der Waals surface area contributed by atoms with E-state index in [4.69, 9.17) is 0 Å². The average Bonchev–Trinajstić information content (AvgIpc) is 2.72. The van der Waals surface area contributed by atoms with Crippen molar-refractivity contribution >= 4 is 17.7 Å². The Kier molecular flexibility index (Phi) is 16.8. The maximum absolute atomic E-state index is 12.9. The largest absolute Gasteiger partial charge is 0.350 e. The summed E-state index contributed by atoms with van der Waals surface area (Å²) in [6.45, 7) is 15.8. The topological polar surface area (TPSA) is 99.3 Å². The summed E-state index contributed by atoms with van der Waals surface area (Å²) in [5, 5.41) is 12.3. The second kappa shape index (κ2) is 17.7. The minimum atomic E-state index is -0.507. The molecule has 3 amide bonds. The van der Waals surface area contributed by atoms with Gasteiger partial charge in [0.15, 0.2) is 0 Å². The van der Waals surface area contributed by atoms with Crippen molar-refractivity contribution in [3.63, 3.8) is 0 Å². The molecule has 0 aliphatic carbocycles. The number of nitrogens with one attached hydrogen (secondary N) is 4. The third-order valence-electron chi connectivity index (χ3n) is 5.87. The molecule has 1 atom stereocenters. The van der Waals surface area contributed by atoms with Crippen LogP contribution in [0.4, 0.5) is 0 Å². The van der Waals surface area contributed by atoms with Crippen molar-refractivity contribution in [2.45, 2.75) is 92.2 Å². The van der Waals surface area contributed by atoms with Crippen LogP contribution < -0.4 is 21.3 Å². The summed E-state index contributed by atoms with van der Waals surface area (Å²) in [4.78, 5) is 37.1. The molecule has 0 aromatic rings. The van der Waals surface area contributed by atoms with Crippen LogP contribution in [0.25, 0.3) is 0 Å². The van der Waals surface area contributed by atoms with Crippen LogP contribution in [-0.2, 0) is 14.4 Å². The van der Waals surface area contributed by atoms with E-state index in [0.717, 1.165) is 45.3 Å². The zero-order valence-electron chi connectivity index (χ0n) is 23.3. The van der Waals surface area contributed by atoms with Gasteiger partial charge in [0.1, 0.15) is 6.04 Å². The molecule has 0 fully saturated rings. The van der Waals surface area contributed by atoms with E-state index in [-0.39, 0.29) is 23.6 Å². The zero-order valence-corrected chi connectivity index (χ0v) is 23.3. The first-order chi connectivity index (χ1) is 15.8. The number of carbonyl (C=O) groups is 3. The van der Waals surface area contributed by atoms with Crippen LogP contribution in [-0.4, -0.2) is 81.1 Å². The highest BCUT2D eigenvalue weighted by molar-refractivity contribution is 5.87. The van der Waals surface area contributed by atoms with Gasteiger partial charge in [-0.25, -0.2) is 0 Å². The second-order valence-electron chi connectivity index (χ2n) is 11.1. The minimum absolute atomic E-state index is 0.0204. The Morgan fingerprint density at radius 3 is 1.85 bits per heavy atom. The van der Waals surface area contributed by atoms with Gasteiger partial charge in [-0.05, 0) is 31.7 Å². The van der Waals surface area contributed by atoms with Crippen LogP contribution >= 0.6 is 0 Å². The van der Waals surface area contributed by atoms with Crippen LogP contribution in [0.3, 0.4) is 0 Å². The van der Waals surface area contributed by atoms with Crippen LogP contribution in [0, 0.1) is 11.8 Å². The molecule has 0 aromatic heterocycles. The van der Waals surface area contributed by atoms with E-state index < -0.39 is 6.04 Å². The Morgan fingerprint density at radius 1 is 0.735 bits per heavy atom. The molecule has 8 nitrogen and oxygen atoms in total. The molecule has 0 aromatic carbocycles. The standard InChI is InChI=1S/C26H53N5O3/c1-20(2)12-9-10-14-24(32)30-23(13-11-15-27-22(5)6)26(34)29-17-19-31(7,8)18-16-28-25(33)21(3)4/h20-23,27H,9-19H2,1-8H3,(H2-,28,29,30,32,33,34)/p+1. The Labute approximate surface area is 209 Å². The highest BCUT2D eigenvalue weighted by Gasteiger charge is 2.22. The van der Waals surface area contributed by atoms with Gasteiger partial charge in [-0.1, -0.05) is 54.4 Å². The third kappa shape index (κ3) is 17.8. The summed E-state index contributed by atoms with van der Waals surface area (Å²) >= 11 is 0. The monoisotopic (exact) mass is 484 g/mol. The molecule has 1 unspecified atom stereocenters. The molecule has 0 heterocycles. The van der Waals surface area contributed by atoms with Crippen molar-refractivity contribution in [2.24, 2.45) is 11.8 Å². The fraction of sp³-hybridized carbons (Fsp3) is 0.885. The number of quaternary nitrogens is 1. The fourth-order valence-corrected chi connectivity index (χ4v) is 3.47. The number of hydrogen-bond acceptors (Lipinski definition) is 4. The van der Waals surface area contributed by atoms with Gasteiger partial charge < -0.3 is 25.8 Å². The molecular weight excluding hydrogens is 430 g/mol. The second-order valence-corrected chi connectivity index (χ2v) is 11.1. The average molecular weight is 485 g/mol. The van der Waals surface area contributed by atoms with Crippen molar-refractivity contribution in [2.75, 3.05) is 46.8 Å². The first-order valence-corrected chi connectivity index (χ1v) is 13.2. The number of likely N-dealkylation sites (N-methyl/N-ethyl adjacent to an activating group) is 1. The number of rotatable bonds is 19. The molecule has 0 saturated carbocycles. The van der Waals surface area contributed by atoms with Gasteiger partial charge in [-0.3, -0.25) is 14.4 Å². The summed E-state index contributed by atoms with van der Waals surface area (Å²) in [5.74, 6) is 0.520. The van der Waals surface area contributed by atoms with Crippen molar-refractivity contribution in [3.05, 3.63) is 0 Å². The first-order valence-electron chi connectivity index (χ1n) is 13.2. The molecule has 0 spiro atoms. The Balaban J connectivity index is 4.59. The molecule has 0 bridgehead atoms. The van der Waals surface area contributed by atoms with Crippen LogP contribution in [0.5, 0.6) is 0 Å². The van der Waals surface area contributed by atoms with Crippen molar-refractivity contribution < 1.29 is 18.9 Å². The lowest BCUT2D eigenvalue weighted by atomic mass is 10.0.